The molecule has 0 bridgehead atoms. The maximum Gasteiger partial charge on any atom is 0.222 e. The van der Waals surface area contributed by atoms with Gasteiger partial charge in [-0.3, -0.25) is 9.69 Å². The van der Waals surface area contributed by atoms with Crippen LogP contribution in [0.15, 0.2) is 12.1 Å². The number of hydrogen-bond acceptors (Lipinski definition) is 3. The fraction of sp³-hybridized carbons (Fsp3) is 0.643. The maximum absolute atomic E-state index is 11.9. The molecule has 0 spiro atoms. The largest absolute Gasteiger partial charge is 0.340 e. The number of hydrogen-bond donors (Lipinski definition) is 0. The summed E-state index contributed by atoms with van der Waals surface area (Å²) < 4.78 is 0.850. The topological polar surface area (TPSA) is 23.6 Å². The molecule has 3 nitrogen and oxygen atoms in total. The third-order valence-corrected chi connectivity index (χ3v) is 4.69. The molecule has 0 saturated carbocycles. The number of unbranched alkanes of at least 4 members (excludes halogenated alkanes) is 1. The van der Waals surface area contributed by atoms with Crippen LogP contribution in [0.3, 0.4) is 0 Å². The lowest BCUT2D eigenvalue weighted by Crippen LogP contribution is -2.48. The minimum absolute atomic E-state index is 0.320. The SMILES string of the molecule is CCCCC(=O)N1CCN(Cc2ccc(Cl)s2)CC1. The van der Waals surface area contributed by atoms with Crippen LogP contribution in [0.5, 0.6) is 0 Å². The molecule has 1 aromatic heterocycles. The molecule has 2 heterocycles. The number of halogens is 1. The molecule has 1 aliphatic heterocycles. The van der Waals surface area contributed by atoms with E-state index in [0.29, 0.717) is 12.3 Å². The molecule has 0 unspecified atom stereocenters. The van der Waals surface area contributed by atoms with Crippen LogP contribution in [0.2, 0.25) is 4.34 Å². The van der Waals surface area contributed by atoms with Crippen LogP contribution in [-0.2, 0) is 11.3 Å². The van der Waals surface area contributed by atoms with Crippen molar-refractivity contribution in [3.05, 3.63) is 21.3 Å². The van der Waals surface area contributed by atoms with Crippen molar-refractivity contribution in [2.45, 2.75) is 32.7 Å². The monoisotopic (exact) mass is 300 g/mol. The van der Waals surface area contributed by atoms with Gasteiger partial charge in [-0.15, -0.1) is 11.3 Å². The Balaban J connectivity index is 1.74. The van der Waals surface area contributed by atoms with Crippen LogP contribution >= 0.6 is 22.9 Å². The van der Waals surface area contributed by atoms with E-state index in [4.69, 9.17) is 11.6 Å². The van der Waals surface area contributed by atoms with Crippen molar-refractivity contribution in [3.63, 3.8) is 0 Å². The first-order valence-electron chi connectivity index (χ1n) is 6.93. The number of nitrogens with zero attached hydrogens (tertiary/aromatic N) is 2. The molecule has 1 aliphatic rings. The highest BCUT2D eigenvalue weighted by atomic mass is 35.5. The zero-order chi connectivity index (χ0) is 13.7. The van der Waals surface area contributed by atoms with Crippen molar-refractivity contribution in [2.24, 2.45) is 0 Å². The van der Waals surface area contributed by atoms with Crippen molar-refractivity contribution in [1.82, 2.24) is 9.80 Å². The Bertz CT molecular complexity index is 413. The predicted molar refractivity (Wildman–Crippen MR) is 80.7 cm³/mol. The summed E-state index contributed by atoms with van der Waals surface area (Å²) in [4.78, 5) is 17.6. The van der Waals surface area contributed by atoms with Crippen molar-refractivity contribution in [2.75, 3.05) is 26.2 Å². The van der Waals surface area contributed by atoms with Gasteiger partial charge in [-0.1, -0.05) is 24.9 Å². The summed E-state index contributed by atoms with van der Waals surface area (Å²) in [7, 11) is 0. The third-order valence-electron chi connectivity index (χ3n) is 3.48. The number of rotatable bonds is 5. The summed E-state index contributed by atoms with van der Waals surface area (Å²) in [6, 6.07) is 4.04. The van der Waals surface area contributed by atoms with E-state index in [-0.39, 0.29) is 0 Å². The van der Waals surface area contributed by atoms with E-state index < -0.39 is 0 Å². The minimum Gasteiger partial charge on any atom is -0.340 e. The van der Waals surface area contributed by atoms with E-state index in [0.717, 1.165) is 49.9 Å². The van der Waals surface area contributed by atoms with Gasteiger partial charge >= 0.3 is 0 Å². The summed E-state index contributed by atoms with van der Waals surface area (Å²) >= 11 is 7.58. The predicted octanol–water partition coefficient (Wildman–Crippen LogP) is 3.24. The average Bonchev–Trinajstić information content (AvgIpc) is 2.82. The molecule has 0 atom stereocenters. The molecule has 1 fully saturated rings. The van der Waals surface area contributed by atoms with E-state index >= 15 is 0 Å². The number of carbonyl (C=O) groups is 1. The van der Waals surface area contributed by atoms with Crippen LogP contribution in [0.4, 0.5) is 0 Å². The van der Waals surface area contributed by atoms with Crippen molar-refractivity contribution in [3.8, 4) is 0 Å². The van der Waals surface area contributed by atoms with Crippen LogP contribution in [0.25, 0.3) is 0 Å². The number of thiophene rings is 1. The van der Waals surface area contributed by atoms with Crippen LogP contribution in [0.1, 0.15) is 31.1 Å². The zero-order valence-corrected chi connectivity index (χ0v) is 13.0. The van der Waals surface area contributed by atoms with Crippen molar-refractivity contribution < 1.29 is 4.79 Å². The number of carbonyl (C=O) groups excluding carboxylic acids is 1. The molecule has 0 aromatic carbocycles. The first kappa shape index (κ1) is 14.8. The van der Waals surface area contributed by atoms with Gasteiger partial charge in [0, 0.05) is 44.0 Å². The van der Waals surface area contributed by atoms with Crippen LogP contribution < -0.4 is 0 Å². The smallest absolute Gasteiger partial charge is 0.222 e. The Labute approximate surface area is 124 Å². The highest BCUT2D eigenvalue weighted by Crippen LogP contribution is 2.23. The molecule has 0 radical (unpaired) electrons. The second-order valence-corrected chi connectivity index (χ2v) is 6.77. The van der Waals surface area contributed by atoms with Gasteiger partial charge in [0.15, 0.2) is 0 Å². The molecule has 0 N–H and O–H groups in total. The fourth-order valence-corrected chi connectivity index (χ4v) is 3.43. The standard InChI is InChI=1S/C14H21ClN2OS/c1-2-3-4-14(18)17-9-7-16(8-10-17)11-12-5-6-13(15)19-12/h5-6H,2-4,7-11H2,1H3. The summed E-state index contributed by atoms with van der Waals surface area (Å²) in [5, 5.41) is 0. The lowest BCUT2D eigenvalue weighted by Gasteiger charge is -2.34. The second kappa shape index (κ2) is 7.27. The number of amides is 1. The lowest BCUT2D eigenvalue weighted by atomic mass is 10.2. The van der Waals surface area contributed by atoms with Gasteiger partial charge in [0.25, 0.3) is 0 Å². The summed E-state index contributed by atoms with van der Waals surface area (Å²) in [6.45, 7) is 6.73. The summed E-state index contributed by atoms with van der Waals surface area (Å²) in [5.41, 5.74) is 0. The van der Waals surface area contributed by atoms with Crippen molar-refractivity contribution in [1.29, 1.82) is 0 Å². The lowest BCUT2D eigenvalue weighted by molar-refractivity contribution is -0.133. The molecule has 106 valence electrons. The Hall–Kier alpha value is -0.580. The molecular weight excluding hydrogens is 280 g/mol. The van der Waals surface area contributed by atoms with Gasteiger partial charge in [0.05, 0.1) is 4.34 Å². The van der Waals surface area contributed by atoms with Crippen molar-refractivity contribution >= 4 is 28.8 Å². The highest BCUT2D eigenvalue weighted by molar-refractivity contribution is 7.16. The van der Waals surface area contributed by atoms with Gasteiger partial charge in [0.1, 0.15) is 0 Å². The molecule has 5 heteroatoms. The van der Waals surface area contributed by atoms with E-state index in [2.05, 4.69) is 17.9 Å². The molecule has 1 aromatic rings. The average molecular weight is 301 g/mol. The second-order valence-electron chi connectivity index (χ2n) is 4.97. The van der Waals surface area contributed by atoms with Crippen LogP contribution in [-0.4, -0.2) is 41.9 Å². The van der Waals surface area contributed by atoms with E-state index in [9.17, 15) is 4.79 Å². The fourth-order valence-electron chi connectivity index (χ4n) is 2.30. The maximum atomic E-state index is 11.9. The van der Waals surface area contributed by atoms with Gasteiger partial charge in [-0.05, 0) is 18.6 Å². The minimum atomic E-state index is 0.320. The quantitative estimate of drug-likeness (QED) is 0.833. The summed E-state index contributed by atoms with van der Waals surface area (Å²) in [5.74, 6) is 0.320. The van der Waals surface area contributed by atoms with Gasteiger partial charge < -0.3 is 4.90 Å². The zero-order valence-electron chi connectivity index (χ0n) is 11.4. The molecular formula is C14H21ClN2OS. The molecule has 1 saturated heterocycles. The Morgan fingerprint density at radius 3 is 2.63 bits per heavy atom. The third kappa shape index (κ3) is 4.48. The highest BCUT2D eigenvalue weighted by Gasteiger charge is 2.20. The Kier molecular flexibility index (Phi) is 5.67. The van der Waals surface area contributed by atoms with Crippen LogP contribution in [0, 0.1) is 0 Å². The first-order chi connectivity index (χ1) is 9.19. The van der Waals surface area contributed by atoms with E-state index in [1.807, 2.05) is 11.0 Å². The van der Waals surface area contributed by atoms with E-state index in [1.165, 1.54) is 4.88 Å². The first-order valence-corrected chi connectivity index (χ1v) is 8.13. The summed E-state index contributed by atoms with van der Waals surface area (Å²) in [6.07, 6.45) is 2.80. The van der Waals surface area contributed by atoms with Gasteiger partial charge in [0.2, 0.25) is 5.91 Å². The Morgan fingerprint density at radius 2 is 2.05 bits per heavy atom. The Morgan fingerprint density at radius 1 is 1.32 bits per heavy atom. The number of piperazine rings is 1. The van der Waals surface area contributed by atoms with E-state index in [1.54, 1.807) is 11.3 Å². The normalized spacial score (nSPS) is 16.8. The molecule has 1 amide bonds. The van der Waals surface area contributed by atoms with Gasteiger partial charge in [-0.25, -0.2) is 0 Å². The van der Waals surface area contributed by atoms with Gasteiger partial charge in [-0.2, -0.15) is 0 Å². The molecule has 0 aliphatic carbocycles. The molecule has 2 rings (SSSR count). The molecule has 19 heavy (non-hydrogen) atoms.